The highest BCUT2D eigenvalue weighted by atomic mass is 16.6. The quantitative estimate of drug-likeness (QED) is 0.0851. The van der Waals surface area contributed by atoms with Gasteiger partial charge in [-0.05, 0) is 107 Å². The molecule has 6 atom stereocenters. The summed E-state index contributed by atoms with van der Waals surface area (Å²) in [5.74, 6) is 1.39. The number of carbonyl (C=O) groups excluding carboxylic acids is 2. The minimum atomic E-state index is -1.09. The van der Waals surface area contributed by atoms with Crippen LogP contribution in [0.3, 0.4) is 0 Å². The molecule has 0 spiro atoms. The number of aliphatic hydroxyl groups is 1. The third kappa shape index (κ3) is 10.4. The van der Waals surface area contributed by atoms with Gasteiger partial charge in [0, 0.05) is 31.3 Å². The maximum absolute atomic E-state index is 13.4. The second kappa shape index (κ2) is 16.3. The van der Waals surface area contributed by atoms with Crippen LogP contribution in [0.2, 0.25) is 0 Å². The number of ether oxygens (including phenoxy) is 2. The summed E-state index contributed by atoms with van der Waals surface area (Å²) in [4.78, 5) is 24.9. The Morgan fingerprint density at radius 2 is 1.54 bits per heavy atom. The normalized spacial score (nSPS) is 31.8. The SMILES string of the molecule is CC(=O)O[C@H]1CC(C)(C)C(=C=C/C(C)=C/C=C/C(C)=C/C=C/C=C(\C)CCCC(C)C(=O)C[C@]23O[C@@]2(C)C[C@H](C(C)C)CC3(C)C)[C@](C)(O)C1. The van der Waals surface area contributed by atoms with Gasteiger partial charge in [0.05, 0.1) is 11.2 Å². The topological polar surface area (TPSA) is 76.1 Å². The molecule has 0 aromatic carbocycles. The number of esters is 1. The summed E-state index contributed by atoms with van der Waals surface area (Å²) in [5.41, 5.74) is 5.79. The van der Waals surface area contributed by atoms with E-state index in [1.54, 1.807) is 6.92 Å². The Balaban J connectivity index is 1.46. The lowest BCUT2D eigenvalue weighted by Crippen LogP contribution is -2.48. The molecule has 2 saturated carbocycles. The summed E-state index contributed by atoms with van der Waals surface area (Å²) >= 11 is 0. The zero-order valence-corrected chi connectivity index (χ0v) is 33.7. The molecule has 5 heteroatoms. The van der Waals surface area contributed by atoms with Gasteiger partial charge in [-0.25, -0.2) is 0 Å². The van der Waals surface area contributed by atoms with Gasteiger partial charge in [-0.15, -0.1) is 5.73 Å². The first-order valence-electron chi connectivity index (χ1n) is 19.0. The van der Waals surface area contributed by atoms with Crippen molar-refractivity contribution in [2.75, 3.05) is 0 Å². The molecular formula is C45H68O5. The number of epoxide rings is 1. The second-order valence-corrected chi connectivity index (χ2v) is 17.9. The number of hydrogen-bond donors (Lipinski definition) is 1. The zero-order chi connectivity index (χ0) is 37.7. The van der Waals surface area contributed by atoms with Crippen molar-refractivity contribution in [1.29, 1.82) is 0 Å². The second-order valence-electron chi connectivity index (χ2n) is 17.9. The van der Waals surface area contributed by atoms with Crippen LogP contribution >= 0.6 is 0 Å². The van der Waals surface area contributed by atoms with Crippen LogP contribution in [0.1, 0.15) is 141 Å². The fraction of sp³-hybridized carbons (Fsp3) is 0.667. The molecule has 50 heavy (non-hydrogen) atoms. The number of carbonyl (C=O) groups is 2. The van der Waals surface area contributed by atoms with E-state index in [0.29, 0.717) is 36.9 Å². The molecule has 3 rings (SSSR count). The van der Waals surface area contributed by atoms with Crippen LogP contribution in [0.4, 0.5) is 0 Å². The molecule has 0 aromatic rings. The fourth-order valence-electron chi connectivity index (χ4n) is 8.85. The summed E-state index contributed by atoms with van der Waals surface area (Å²) in [6, 6.07) is 0. The molecule has 2 aliphatic carbocycles. The van der Waals surface area contributed by atoms with Gasteiger partial charge in [-0.3, -0.25) is 9.59 Å². The van der Waals surface area contributed by atoms with Gasteiger partial charge in [0.2, 0.25) is 0 Å². The first-order valence-corrected chi connectivity index (χ1v) is 19.0. The van der Waals surface area contributed by atoms with E-state index in [0.717, 1.165) is 48.8 Å². The summed E-state index contributed by atoms with van der Waals surface area (Å²) in [5, 5.41) is 11.2. The fourth-order valence-corrected chi connectivity index (χ4v) is 8.85. The van der Waals surface area contributed by atoms with Crippen molar-refractivity contribution < 1.29 is 24.2 Å². The van der Waals surface area contributed by atoms with E-state index in [1.165, 1.54) is 12.5 Å². The maximum atomic E-state index is 13.4. The molecular weight excluding hydrogens is 620 g/mol. The third-order valence-electron chi connectivity index (χ3n) is 11.8. The van der Waals surface area contributed by atoms with Crippen LogP contribution in [0, 0.1) is 28.6 Å². The largest absolute Gasteiger partial charge is 0.462 e. The van der Waals surface area contributed by atoms with E-state index >= 15 is 0 Å². The van der Waals surface area contributed by atoms with E-state index in [-0.39, 0.29) is 40.0 Å². The van der Waals surface area contributed by atoms with Crippen molar-refractivity contribution in [3.05, 3.63) is 76.6 Å². The van der Waals surface area contributed by atoms with E-state index in [9.17, 15) is 14.7 Å². The van der Waals surface area contributed by atoms with Crippen molar-refractivity contribution in [3.8, 4) is 0 Å². The molecule has 0 bridgehead atoms. The molecule has 1 unspecified atom stereocenters. The van der Waals surface area contributed by atoms with Crippen molar-refractivity contribution in [1.82, 2.24) is 0 Å². The predicted octanol–water partition coefficient (Wildman–Crippen LogP) is 10.9. The molecule has 0 aromatic heterocycles. The van der Waals surface area contributed by atoms with Crippen LogP contribution in [-0.2, 0) is 19.1 Å². The summed E-state index contributed by atoms with van der Waals surface area (Å²) < 4.78 is 11.9. The van der Waals surface area contributed by atoms with Crippen LogP contribution in [0.5, 0.6) is 0 Å². The zero-order valence-electron chi connectivity index (χ0n) is 33.7. The van der Waals surface area contributed by atoms with Crippen LogP contribution in [0.25, 0.3) is 0 Å². The van der Waals surface area contributed by atoms with Crippen LogP contribution in [-0.4, -0.2) is 39.8 Å². The number of fused-ring (bicyclic) bond motifs is 1. The molecule has 3 aliphatic rings. The predicted molar refractivity (Wildman–Crippen MR) is 207 cm³/mol. The molecule has 1 heterocycles. The molecule has 1 N–H and O–H groups in total. The first kappa shape index (κ1) is 41.7. The van der Waals surface area contributed by atoms with Gasteiger partial charge in [-0.1, -0.05) is 102 Å². The highest BCUT2D eigenvalue weighted by molar-refractivity contribution is 5.82. The van der Waals surface area contributed by atoms with Gasteiger partial charge in [-0.2, -0.15) is 0 Å². The number of Topliss-reactive ketones (excluding diaryl/α,β-unsaturated/α-hetero) is 1. The number of rotatable bonds is 14. The minimum Gasteiger partial charge on any atom is -0.462 e. The average Bonchev–Trinajstić information content (AvgIpc) is 3.58. The molecule has 0 amide bonds. The first-order chi connectivity index (χ1) is 23.0. The van der Waals surface area contributed by atoms with E-state index < -0.39 is 5.60 Å². The Morgan fingerprint density at radius 1 is 0.900 bits per heavy atom. The molecule has 1 aliphatic heterocycles. The Labute approximate surface area is 304 Å². The molecule has 5 nitrogen and oxygen atoms in total. The van der Waals surface area contributed by atoms with Crippen molar-refractivity contribution in [2.45, 2.75) is 164 Å². The van der Waals surface area contributed by atoms with Crippen molar-refractivity contribution in [3.63, 3.8) is 0 Å². The van der Waals surface area contributed by atoms with Crippen LogP contribution in [0.15, 0.2) is 76.6 Å². The third-order valence-corrected chi connectivity index (χ3v) is 11.8. The minimum absolute atomic E-state index is 0.0143. The highest BCUT2D eigenvalue weighted by Gasteiger charge is 2.76. The monoisotopic (exact) mass is 689 g/mol. The Morgan fingerprint density at radius 3 is 2.14 bits per heavy atom. The lowest BCUT2D eigenvalue weighted by molar-refractivity contribution is -0.152. The standard InChI is InChI=1S/C45H68O5/c1-31(2)37-26-42(10,11)45(44(13,27-37)50-45)30-39(47)35(6)23-17-22-33(4)19-15-14-18-32(3)20-16-21-34(5)24-25-40-41(8,9)28-38(49-36(7)46)29-43(40,12)48/h14-16,18-21,24,31,35,37-38,48H,17,22-23,26-30H2,1-13H3/b15-14+,20-16+,32-18+,33-19+,34-21+/t25?,35?,37-,38+,43-,44+,45-/m1/s1. The van der Waals surface area contributed by atoms with Gasteiger partial charge in [0.15, 0.2) is 0 Å². The maximum Gasteiger partial charge on any atom is 0.302 e. The summed E-state index contributed by atoms with van der Waals surface area (Å²) in [7, 11) is 0. The molecule has 278 valence electrons. The lowest BCUT2D eigenvalue weighted by atomic mass is 9.57. The van der Waals surface area contributed by atoms with Gasteiger partial charge >= 0.3 is 5.97 Å². The summed E-state index contributed by atoms with van der Waals surface area (Å²) in [6.45, 7) is 27.1. The van der Waals surface area contributed by atoms with Gasteiger partial charge in [0.25, 0.3) is 0 Å². The van der Waals surface area contributed by atoms with Crippen molar-refractivity contribution >= 4 is 11.8 Å². The van der Waals surface area contributed by atoms with Crippen molar-refractivity contribution in [2.24, 2.45) is 28.6 Å². The highest BCUT2D eigenvalue weighted by Crippen LogP contribution is 2.69. The molecule has 0 radical (unpaired) electrons. The Bertz CT molecular complexity index is 1450. The number of allylic oxidation sites excluding steroid dienone is 10. The molecule has 1 saturated heterocycles. The average molecular weight is 689 g/mol. The lowest BCUT2D eigenvalue weighted by Gasteiger charge is -2.44. The van der Waals surface area contributed by atoms with E-state index in [2.05, 4.69) is 105 Å². The Kier molecular flexibility index (Phi) is 13.6. The van der Waals surface area contributed by atoms with Crippen LogP contribution < -0.4 is 0 Å². The Hall–Kier alpha value is -2.72. The summed E-state index contributed by atoms with van der Waals surface area (Å²) in [6.07, 6.45) is 22.8. The van der Waals surface area contributed by atoms with Gasteiger partial charge in [0.1, 0.15) is 17.5 Å². The smallest absolute Gasteiger partial charge is 0.302 e. The van der Waals surface area contributed by atoms with Gasteiger partial charge < -0.3 is 14.6 Å². The number of ketones is 1. The van der Waals surface area contributed by atoms with E-state index in [4.69, 9.17) is 9.47 Å². The number of hydrogen-bond acceptors (Lipinski definition) is 5. The van der Waals surface area contributed by atoms with E-state index in [1.807, 2.05) is 25.2 Å². The molecule has 3 fully saturated rings.